The molecule has 2 aliphatic rings. The highest BCUT2D eigenvalue weighted by Gasteiger charge is 2.41. The van der Waals surface area contributed by atoms with Crippen LogP contribution in [0.3, 0.4) is 0 Å². The van der Waals surface area contributed by atoms with E-state index in [1.807, 2.05) is 53.8 Å². The number of carbonyl (C=O) groups excluding carboxylic acids is 2. The monoisotopic (exact) mass is 458 g/mol. The number of ether oxygens (including phenoxy) is 1. The number of carbonyl (C=O) groups is 3. The van der Waals surface area contributed by atoms with Crippen LogP contribution >= 0.6 is 0 Å². The van der Waals surface area contributed by atoms with E-state index in [9.17, 15) is 23.2 Å². The van der Waals surface area contributed by atoms with Crippen molar-refractivity contribution in [2.24, 2.45) is 5.92 Å². The summed E-state index contributed by atoms with van der Waals surface area (Å²) < 4.78 is 32.0. The van der Waals surface area contributed by atoms with Crippen LogP contribution in [-0.4, -0.2) is 48.2 Å². The summed E-state index contributed by atoms with van der Waals surface area (Å²) in [6.07, 6.45) is 0.843. The number of hydrogen-bond donors (Lipinski definition) is 3. The van der Waals surface area contributed by atoms with Crippen LogP contribution in [0, 0.1) is 5.92 Å². The second-order valence-corrected chi connectivity index (χ2v) is 8.34. The number of rotatable bonds is 7. The van der Waals surface area contributed by atoms with E-state index in [1.54, 1.807) is 0 Å². The number of nitrogens with one attached hydrogen (secondary N) is 2. The molecule has 2 atom stereocenters. The van der Waals surface area contributed by atoms with Crippen LogP contribution in [0.4, 0.5) is 13.6 Å². The molecule has 0 unspecified atom stereocenters. The molecule has 1 saturated carbocycles. The molecule has 0 saturated heterocycles. The van der Waals surface area contributed by atoms with Gasteiger partial charge >= 0.3 is 18.0 Å². The summed E-state index contributed by atoms with van der Waals surface area (Å²) in [6.45, 7) is -1.18. The van der Waals surface area contributed by atoms with Crippen molar-refractivity contribution in [3.8, 4) is 11.1 Å². The summed E-state index contributed by atoms with van der Waals surface area (Å²) in [7, 11) is 0. The Morgan fingerprint density at radius 1 is 1.00 bits per heavy atom. The number of alkyl halides is 2. The summed E-state index contributed by atoms with van der Waals surface area (Å²) in [5.74, 6) is -7.90. The van der Waals surface area contributed by atoms with Gasteiger partial charge in [0, 0.05) is 12.0 Å². The van der Waals surface area contributed by atoms with Crippen molar-refractivity contribution in [3.63, 3.8) is 0 Å². The Morgan fingerprint density at radius 2 is 1.61 bits per heavy atom. The van der Waals surface area contributed by atoms with Crippen molar-refractivity contribution < 1.29 is 33.0 Å². The molecule has 3 N–H and O–H groups in total. The lowest BCUT2D eigenvalue weighted by Crippen LogP contribution is -2.48. The van der Waals surface area contributed by atoms with Gasteiger partial charge < -0.3 is 20.5 Å². The molecule has 4 rings (SSSR count). The van der Waals surface area contributed by atoms with Crippen molar-refractivity contribution in [3.05, 3.63) is 59.7 Å². The largest absolute Gasteiger partial charge is 0.477 e. The van der Waals surface area contributed by atoms with Crippen LogP contribution in [0.15, 0.2) is 48.5 Å². The topological polar surface area (TPSA) is 105 Å². The fourth-order valence-corrected chi connectivity index (χ4v) is 4.64. The molecule has 0 aromatic heterocycles. The molecule has 2 amide bonds. The van der Waals surface area contributed by atoms with Crippen LogP contribution < -0.4 is 10.6 Å². The number of fused-ring (bicyclic) bond motifs is 3. The van der Waals surface area contributed by atoms with Crippen molar-refractivity contribution in [2.45, 2.75) is 37.1 Å². The zero-order chi connectivity index (χ0) is 23.6. The molecule has 0 radical (unpaired) electrons. The van der Waals surface area contributed by atoms with Gasteiger partial charge in [-0.05, 0) is 35.1 Å². The quantitative estimate of drug-likeness (QED) is 0.589. The van der Waals surface area contributed by atoms with Gasteiger partial charge in [0.05, 0.1) is 12.5 Å². The first kappa shape index (κ1) is 22.7. The minimum atomic E-state index is -4.05. The summed E-state index contributed by atoms with van der Waals surface area (Å²) in [4.78, 5) is 35.3. The van der Waals surface area contributed by atoms with Gasteiger partial charge in [0.1, 0.15) is 6.61 Å². The maximum atomic E-state index is 13.3. The molecule has 2 aliphatic carbocycles. The normalized spacial score (nSPS) is 19.5. The highest BCUT2D eigenvalue weighted by Crippen LogP contribution is 2.44. The van der Waals surface area contributed by atoms with E-state index in [0.29, 0.717) is 19.3 Å². The molecular weight excluding hydrogens is 434 g/mol. The van der Waals surface area contributed by atoms with Gasteiger partial charge in [-0.3, -0.25) is 4.79 Å². The summed E-state index contributed by atoms with van der Waals surface area (Å²) in [5.41, 5.74) is 4.36. The van der Waals surface area contributed by atoms with Crippen LogP contribution in [-0.2, 0) is 14.3 Å². The van der Waals surface area contributed by atoms with Gasteiger partial charge in [-0.15, -0.1) is 0 Å². The minimum Gasteiger partial charge on any atom is -0.477 e. The van der Waals surface area contributed by atoms with Crippen molar-refractivity contribution in [1.82, 2.24) is 10.6 Å². The smallest absolute Gasteiger partial charge is 0.407 e. The Bertz CT molecular complexity index is 1030. The van der Waals surface area contributed by atoms with E-state index in [4.69, 9.17) is 9.84 Å². The minimum absolute atomic E-state index is 0.107. The maximum Gasteiger partial charge on any atom is 0.407 e. The molecule has 0 spiro atoms. The average Bonchev–Trinajstić information content (AvgIpc) is 3.38. The first-order valence-corrected chi connectivity index (χ1v) is 10.8. The predicted octanol–water partition coefficient (Wildman–Crippen LogP) is 3.53. The van der Waals surface area contributed by atoms with E-state index in [0.717, 1.165) is 22.3 Å². The molecule has 2 aromatic rings. The zero-order valence-corrected chi connectivity index (χ0v) is 17.7. The van der Waals surface area contributed by atoms with E-state index < -0.39 is 42.4 Å². The second-order valence-electron chi connectivity index (χ2n) is 8.34. The molecule has 0 aliphatic heterocycles. The first-order chi connectivity index (χ1) is 15.8. The molecular formula is C24H24F2N2O5. The van der Waals surface area contributed by atoms with E-state index in [-0.39, 0.29) is 12.5 Å². The lowest BCUT2D eigenvalue weighted by Gasteiger charge is -2.22. The number of aliphatic carboxylic acids is 1. The molecule has 33 heavy (non-hydrogen) atoms. The van der Waals surface area contributed by atoms with Crippen molar-refractivity contribution in [1.29, 1.82) is 0 Å². The average molecular weight is 458 g/mol. The van der Waals surface area contributed by atoms with Crippen LogP contribution in [0.1, 0.15) is 36.3 Å². The molecule has 9 heteroatoms. The standard InChI is InChI=1S/C24H24F2N2O5/c25-24(26,22(30)31)13-27-21(29)18-10-5-11-20(18)28-23(32)33-12-19-16-8-3-1-6-14(16)15-7-2-4-9-17(15)19/h1-4,6-9,18-20H,5,10-13H2,(H,27,29)(H,28,32)(H,30,31)/t18-,20+/m1/s1. The van der Waals surface area contributed by atoms with E-state index in [2.05, 4.69) is 5.32 Å². The highest BCUT2D eigenvalue weighted by atomic mass is 19.3. The van der Waals surface area contributed by atoms with Gasteiger partial charge in [-0.2, -0.15) is 8.78 Å². The number of hydrogen-bond acceptors (Lipinski definition) is 4. The third-order valence-electron chi connectivity index (χ3n) is 6.30. The molecule has 7 nitrogen and oxygen atoms in total. The molecule has 0 heterocycles. The van der Waals surface area contributed by atoms with Gasteiger partial charge in [0.25, 0.3) is 0 Å². The molecule has 174 valence electrons. The number of alkyl carbamates (subject to hydrolysis) is 1. The second kappa shape index (κ2) is 9.17. The number of carboxylic acid groups (broad SMARTS) is 1. The van der Waals surface area contributed by atoms with E-state index >= 15 is 0 Å². The summed E-state index contributed by atoms with van der Waals surface area (Å²) >= 11 is 0. The van der Waals surface area contributed by atoms with E-state index in [1.165, 1.54) is 0 Å². The Kier molecular flexibility index (Phi) is 6.31. The van der Waals surface area contributed by atoms with Gasteiger partial charge in [-0.1, -0.05) is 55.0 Å². The third-order valence-corrected chi connectivity index (χ3v) is 6.30. The molecule has 0 bridgehead atoms. The SMILES string of the molecule is O=C(N[C@H]1CCC[C@H]1C(=O)NCC(F)(F)C(=O)O)OCC1c2ccccc2-c2ccccc21. The third kappa shape index (κ3) is 4.67. The Hall–Kier alpha value is -3.49. The summed E-state index contributed by atoms with van der Waals surface area (Å²) in [6, 6.07) is 15.3. The van der Waals surface area contributed by atoms with Crippen molar-refractivity contribution >= 4 is 18.0 Å². The number of carboxylic acids is 1. The Morgan fingerprint density at radius 3 is 2.21 bits per heavy atom. The number of halogens is 2. The number of amides is 2. The highest BCUT2D eigenvalue weighted by molar-refractivity contribution is 5.82. The van der Waals surface area contributed by atoms with Gasteiger partial charge in [0.15, 0.2) is 0 Å². The predicted molar refractivity (Wildman–Crippen MR) is 115 cm³/mol. The maximum absolute atomic E-state index is 13.3. The summed E-state index contributed by atoms with van der Waals surface area (Å²) in [5, 5.41) is 13.1. The van der Waals surface area contributed by atoms with Gasteiger partial charge in [0.2, 0.25) is 5.91 Å². The first-order valence-electron chi connectivity index (χ1n) is 10.8. The fourth-order valence-electron chi connectivity index (χ4n) is 4.64. The lowest BCUT2D eigenvalue weighted by atomic mass is 9.98. The van der Waals surface area contributed by atoms with Crippen molar-refractivity contribution in [2.75, 3.05) is 13.2 Å². The van der Waals surface area contributed by atoms with Crippen LogP contribution in [0.25, 0.3) is 11.1 Å². The van der Waals surface area contributed by atoms with Gasteiger partial charge in [-0.25, -0.2) is 9.59 Å². The zero-order valence-electron chi connectivity index (χ0n) is 17.7. The molecule has 2 aromatic carbocycles. The van der Waals surface area contributed by atoms with Crippen LogP contribution in [0.5, 0.6) is 0 Å². The Labute approximate surface area is 189 Å². The van der Waals surface area contributed by atoms with Crippen LogP contribution in [0.2, 0.25) is 0 Å². The number of benzene rings is 2. The lowest BCUT2D eigenvalue weighted by molar-refractivity contribution is -0.164. The Balaban J connectivity index is 1.34. The fraction of sp³-hybridized carbons (Fsp3) is 0.375. The molecule has 1 fully saturated rings.